The Kier molecular flexibility index (Phi) is 7.80. The second-order valence-electron chi connectivity index (χ2n) is 4.71. The van der Waals surface area contributed by atoms with Crippen LogP contribution in [-0.2, 0) is 0 Å². The summed E-state index contributed by atoms with van der Waals surface area (Å²) >= 11 is 0. The van der Waals surface area contributed by atoms with Gasteiger partial charge in [0.25, 0.3) is 0 Å². The number of hydrogen-bond acceptors (Lipinski definition) is 2. The molecule has 0 aliphatic carbocycles. The lowest BCUT2D eigenvalue weighted by Crippen LogP contribution is -2.35. The summed E-state index contributed by atoms with van der Waals surface area (Å²) in [4.78, 5) is 6.70. The molecule has 1 rings (SSSR count). The molecule has 0 radical (unpaired) electrons. The van der Waals surface area contributed by atoms with E-state index in [-0.39, 0.29) is 0 Å². The van der Waals surface area contributed by atoms with Gasteiger partial charge in [0.2, 0.25) is 0 Å². The average molecular weight is 240 g/mol. The van der Waals surface area contributed by atoms with E-state index in [1.165, 1.54) is 58.2 Å². The van der Waals surface area contributed by atoms with Crippen LogP contribution in [0.3, 0.4) is 0 Å². The van der Waals surface area contributed by atoms with Crippen molar-refractivity contribution in [3.8, 4) is 0 Å². The molecule has 2 N–H and O–H groups in total. The molecule has 0 unspecified atom stereocenters. The number of rotatable bonds is 6. The van der Waals surface area contributed by atoms with E-state index in [4.69, 9.17) is 0 Å². The van der Waals surface area contributed by atoms with Crippen molar-refractivity contribution in [3.63, 3.8) is 0 Å². The van der Waals surface area contributed by atoms with Crippen molar-refractivity contribution >= 4 is 5.96 Å². The molecule has 4 heteroatoms. The predicted molar refractivity (Wildman–Crippen MR) is 74.6 cm³/mol. The number of unbranched alkanes of at least 4 members (excludes halogenated alkanes) is 2. The number of piperidine rings is 1. The van der Waals surface area contributed by atoms with E-state index in [1.807, 2.05) is 7.05 Å². The van der Waals surface area contributed by atoms with Crippen LogP contribution in [0.15, 0.2) is 4.99 Å². The molecule has 1 saturated heterocycles. The molecule has 0 aromatic carbocycles. The van der Waals surface area contributed by atoms with Gasteiger partial charge in [-0.1, -0.05) is 12.8 Å². The zero-order valence-electron chi connectivity index (χ0n) is 11.5. The van der Waals surface area contributed by atoms with Crippen molar-refractivity contribution < 1.29 is 0 Å². The van der Waals surface area contributed by atoms with Crippen molar-refractivity contribution in [2.75, 3.05) is 40.3 Å². The van der Waals surface area contributed by atoms with Crippen LogP contribution < -0.4 is 10.6 Å². The second-order valence-corrected chi connectivity index (χ2v) is 4.71. The van der Waals surface area contributed by atoms with E-state index in [2.05, 4.69) is 20.5 Å². The lowest BCUT2D eigenvalue weighted by Gasteiger charge is -2.26. The Bertz CT molecular complexity index is 209. The van der Waals surface area contributed by atoms with Gasteiger partial charge in [-0.15, -0.1) is 0 Å². The highest BCUT2D eigenvalue weighted by Gasteiger charge is 2.08. The van der Waals surface area contributed by atoms with Crippen LogP contribution in [-0.4, -0.2) is 51.1 Å². The van der Waals surface area contributed by atoms with Crippen molar-refractivity contribution in [3.05, 3.63) is 0 Å². The van der Waals surface area contributed by atoms with Gasteiger partial charge in [-0.2, -0.15) is 0 Å². The van der Waals surface area contributed by atoms with Crippen LogP contribution in [0.4, 0.5) is 0 Å². The van der Waals surface area contributed by atoms with Gasteiger partial charge in [-0.25, -0.2) is 0 Å². The summed E-state index contributed by atoms with van der Waals surface area (Å²) in [5.41, 5.74) is 0. The highest BCUT2D eigenvalue weighted by Crippen LogP contribution is 2.09. The summed E-state index contributed by atoms with van der Waals surface area (Å²) in [6.07, 6.45) is 8.11. The quantitative estimate of drug-likeness (QED) is 0.419. The summed E-state index contributed by atoms with van der Waals surface area (Å²) in [5, 5.41) is 6.31. The van der Waals surface area contributed by atoms with Gasteiger partial charge in [0.1, 0.15) is 0 Å². The minimum absolute atomic E-state index is 0.890. The fraction of sp³-hybridized carbons (Fsp3) is 0.923. The summed E-state index contributed by atoms with van der Waals surface area (Å²) in [5.74, 6) is 0.890. The first-order chi connectivity index (χ1) is 8.36. The first kappa shape index (κ1) is 14.3. The largest absolute Gasteiger partial charge is 0.359 e. The van der Waals surface area contributed by atoms with Crippen LogP contribution >= 0.6 is 0 Å². The molecule has 4 nitrogen and oxygen atoms in total. The third-order valence-corrected chi connectivity index (χ3v) is 3.35. The molecule has 0 amide bonds. The molecule has 1 aliphatic rings. The second kappa shape index (κ2) is 9.28. The van der Waals surface area contributed by atoms with E-state index in [9.17, 15) is 0 Å². The number of nitrogens with one attached hydrogen (secondary N) is 2. The van der Waals surface area contributed by atoms with Gasteiger partial charge < -0.3 is 15.5 Å². The molecule has 0 aromatic rings. The maximum atomic E-state index is 4.08. The third-order valence-electron chi connectivity index (χ3n) is 3.35. The molecule has 0 saturated carbocycles. The topological polar surface area (TPSA) is 39.7 Å². The molecule has 17 heavy (non-hydrogen) atoms. The van der Waals surface area contributed by atoms with Gasteiger partial charge in [0.15, 0.2) is 5.96 Å². The summed E-state index contributed by atoms with van der Waals surface area (Å²) in [7, 11) is 3.70. The maximum Gasteiger partial charge on any atom is 0.190 e. The highest BCUT2D eigenvalue weighted by molar-refractivity contribution is 5.79. The van der Waals surface area contributed by atoms with Crippen molar-refractivity contribution in [1.29, 1.82) is 0 Å². The molecule has 0 spiro atoms. The Morgan fingerprint density at radius 3 is 2.53 bits per heavy atom. The Hall–Kier alpha value is -0.770. The van der Waals surface area contributed by atoms with E-state index < -0.39 is 0 Å². The van der Waals surface area contributed by atoms with E-state index >= 15 is 0 Å². The minimum Gasteiger partial charge on any atom is -0.359 e. The van der Waals surface area contributed by atoms with Crippen molar-refractivity contribution in [2.45, 2.75) is 38.5 Å². The van der Waals surface area contributed by atoms with Crippen molar-refractivity contribution in [1.82, 2.24) is 15.5 Å². The number of guanidine groups is 1. The van der Waals surface area contributed by atoms with Gasteiger partial charge in [0, 0.05) is 20.6 Å². The Morgan fingerprint density at radius 1 is 1.12 bits per heavy atom. The van der Waals surface area contributed by atoms with E-state index in [0.29, 0.717) is 0 Å². The lowest BCUT2D eigenvalue weighted by atomic mass is 10.1. The van der Waals surface area contributed by atoms with Crippen LogP contribution in [0.5, 0.6) is 0 Å². The average Bonchev–Trinajstić information content (AvgIpc) is 2.39. The standard InChI is InChI=1S/C13H28N4/c1-14-13(15-2)16-9-5-3-6-10-17-11-7-4-8-12-17/h3-12H2,1-2H3,(H2,14,15,16). The monoisotopic (exact) mass is 240 g/mol. The van der Waals surface area contributed by atoms with E-state index in [0.717, 1.165) is 12.5 Å². The summed E-state index contributed by atoms with van der Waals surface area (Å²) < 4.78 is 0. The summed E-state index contributed by atoms with van der Waals surface area (Å²) in [6, 6.07) is 0. The number of nitrogens with zero attached hydrogens (tertiary/aromatic N) is 2. The van der Waals surface area contributed by atoms with Crippen LogP contribution in [0.1, 0.15) is 38.5 Å². The zero-order valence-corrected chi connectivity index (χ0v) is 11.5. The Labute approximate surface area is 106 Å². The fourth-order valence-electron chi connectivity index (χ4n) is 2.31. The minimum atomic E-state index is 0.890. The molecule has 0 aromatic heterocycles. The van der Waals surface area contributed by atoms with Crippen LogP contribution in [0, 0.1) is 0 Å². The van der Waals surface area contributed by atoms with Crippen LogP contribution in [0.25, 0.3) is 0 Å². The van der Waals surface area contributed by atoms with Crippen LogP contribution in [0.2, 0.25) is 0 Å². The molecular weight excluding hydrogens is 212 g/mol. The normalized spacial score (nSPS) is 18.1. The van der Waals surface area contributed by atoms with Gasteiger partial charge in [-0.3, -0.25) is 4.99 Å². The Balaban J connectivity index is 1.90. The predicted octanol–water partition coefficient (Wildman–Crippen LogP) is 1.44. The number of likely N-dealkylation sites (tertiary alicyclic amines) is 1. The molecule has 1 fully saturated rings. The number of aliphatic imine (C=N–C) groups is 1. The first-order valence-corrected chi connectivity index (χ1v) is 6.97. The number of hydrogen-bond donors (Lipinski definition) is 2. The highest BCUT2D eigenvalue weighted by atomic mass is 15.1. The molecule has 0 atom stereocenters. The lowest BCUT2D eigenvalue weighted by molar-refractivity contribution is 0.224. The molecular formula is C13H28N4. The van der Waals surface area contributed by atoms with Crippen molar-refractivity contribution in [2.24, 2.45) is 4.99 Å². The molecule has 1 aliphatic heterocycles. The Morgan fingerprint density at radius 2 is 1.88 bits per heavy atom. The SMILES string of the molecule is CN=C(NC)NCCCCCN1CCCCC1. The smallest absolute Gasteiger partial charge is 0.190 e. The van der Waals surface area contributed by atoms with E-state index in [1.54, 1.807) is 7.05 Å². The molecule has 1 heterocycles. The van der Waals surface area contributed by atoms with Gasteiger partial charge in [-0.05, 0) is 45.3 Å². The fourth-order valence-corrected chi connectivity index (χ4v) is 2.31. The first-order valence-electron chi connectivity index (χ1n) is 6.97. The third kappa shape index (κ3) is 6.51. The molecule has 0 bridgehead atoms. The maximum absolute atomic E-state index is 4.08. The zero-order chi connectivity index (χ0) is 12.3. The summed E-state index contributed by atoms with van der Waals surface area (Å²) in [6.45, 7) is 4.96. The van der Waals surface area contributed by atoms with Gasteiger partial charge >= 0.3 is 0 Å². The van der Waals surface area contributed by atoms with Gasteiger partial charge in [0.05, 0.1) is 0 Å². The molecule has 100 valence electrons.